The lowest BCUT2D eigenvalue weighted by atomic mass is 10.1. The molecule has 3 rings (SSSR count). The van der Waals surface area contributed by atoms with E-state index in [1.54, 1.807) is 0 Å². The Morgan fingerprint density at radius 3 is 3.04 bits per heavy atom. The summed E-state index contributed by atoms with van der Waals surface area (Å²) in [6.45, 7) is -0.179. The van der Waals surface area contributed by atoms with E-state index in [1.165, 1.54) is 10.8 Å². The van der Waals surface area contributed by atoms with Crippen molar-refractivity contribution in [2.24, 2.45) is 0 Å². The Morgan fingerprint density at radius 1 is 1.57 bits per heavy atom. The number of halogens is 2. The lowest BCUT2D eigenvalue weighted by molar-refractivity contribution is 0.00392. The van der Waals surface area contributed by atoms with E-state index in [2.05, 4.69) is 10.1 Å². The maximum absolute atomic E-state index is 13.8. The Balaban J connectivity index is 1.95. The first-order valence-electron chi connectivity index (χ1n) is 6.83. The molecular formula is C13H12ClFN4O4. The van der Waals surface area contributed by atoms with Crippen molar-refractivity contribution < 1.29 is 19.0 Å². The summed E-state index contributed by atoms with van der Waals surface area (Å²) in [6.07, 6.45) is 0.434. The van der Waals surface area contributed by atoms with Crippen molar-refractivity contribution in [1.82, 2.24) is 19.3 Å². The minimum atomic E-state index is -1.46. The average Bonchev–Trinajstić information content (AvgIpc) is 2.79. The highest BCUT2D eigenvalue weighted by Gasteiger charge is 2.28. The molecule has 0 bridgehead atoms. The number of aryl methyl sites for hydroxylation is 1. The van der Waals surface area contributed by atoms with Crippen LogP contribution in [0.3, 0.4) is 0 Å². The van der Waals surface area contributed by atoms with Gasteiger partial charge in [0.2, 0.25) is 0 Å². The molecule has 0 radical (unpaired) electrons. The summed E-state index contributed by atoms with van der Waals surface area (Å²) >= 11 is 5.64. The molecule has 10 heteroatoms. The van der Waals surface area contributed by atoms with Gasteiger partial charge in [-0.25, -0.2) is 23.2 Å². The van der Waals surface area contributed by atoms with Crippen molar-refractivity contribution in [3.8, 4) is 0 Å². The summed E-state index contributed by atoms with van der Waals surface area (Å²) in [7, 11) is 0. The van der Waals surface area contributed by atoms with Gasteiger partial charge < -0.3 is 9.84 Å². The number of rotatable bonds is 3. The number of carboxylic acid groups (broad SMARTS) is 1. The van der Waals surface area contributed by atoms with Gasteiger partial charge in [-0.2, -0.15) is 5.10 Å². The number of pyridine rings is 1. The fourth-order valence-corrected chi connectivity index (χ4v) is 2.67. The zero-order valence-electron chi connectivity index (χ0n) is 11.8. The van der Waals surface area contributed by atoms with Crippen molar-refractivity contribution in [3.05, 3.63) is 45.1 Å². The van der Waals surface area contributed by atoms with Crippen LogP contribution in [-0.4, -0.2) is 30.6 Å². The standard InChI is InChI=1S/C13H12ClFN4O4/c14-7-4-8(15)9(16-5-7)6-18-12(20)19-10(17-18)2-1-3-11(19)23-13(21)22/h4-5,11H,1-3,6H2,(H,21,22)/t11-/m0/s1. The van der Waals surface area contributed by atoms with Crippen LogP contribution in [0.2, 0.25) is 5.02 Å². The second-order valence-corrected chi connectivity index (χ2v) is 5.48. The van der Waals surface area contributed by atoms with Gasteiger partial charge in [0.15, 0.2) is 6.23 Å². The molecule has 0 aromatic carbocycles. The zero-order chi connectivity index (χ0) is 16.6. The highest BCUT2D eigenvalue weighted by molar-refractivity contribution is 6.30. The summed E-state index contributed by atoms with van der Waals surface area (Å²) < 4.78 is 20.7. The number of hydrogen-bond acceptors (Lipinski definition) is 5. The molecule has 2 aromatic rings. The number of aromatic nitrogens is 4. The molecule has 0 saturated carbocycles. The van der Waals surface area contributed by atoms with Crippen LogP contribution in [0.15, 0.2) is 17.1 Å². The van der Waals surface area contributed by atoms with Crippen LogP contribution in [0.5, 0.6) is 0 Å². The van der Waals surface area contributed by atoms with Crippen LogP contribution in [0.1, 0.15) is 30.6 Å². The van der Waals surface area contributed by atoms with Crippen LogP contribution in [0, 0.1) is 5.82 Å². The third-order valence-electron chi connectivity index (χ3n) is 3.50. The molecule has 0 aliphatic carbocycles. The van der Waals surface area contributed by atoms with Crippen molar-refractivity contribution in [3.63, 3.8) is 0 Å². The molecule has 1 aliphatic rings. The van der Waals surface area contributed by atoms with Crippen LogP contribution in [0.25, 0.3) is 0 Å². The predicted octanol–water partition coefficient (Wildman–Crippen LogP) is 1.81. The lowest BCUT2D eigenvalue weighted by Crippen LogP contribution is -2.33. The minimum Gasteiger partial charge on any atom is -0.450 e. The molecule has 0 saturated heterocycles. The molecule has 0 unspecified atom stereocenters. The molecule has 23 heavy (non-hydrogen) atoms. The van der Waals surface area contributed by atoms with E-state index in [0.717, 1.165) is 10.7 Å². The van der Waals surface area contributed by atoms with Gasteiger partial charge >= 0.3 is 11.8 Å². The molecule has 122 valence electrons. The molecule has 3 heterocycles. The molecular weight excluding hydrogens is 331 g/mol. The summed E-state index contributed by atoms with van der Waals surface area (Å²) in [5.41, 5.74) is -0.551. The monoisotopic (exact) mass is 342 g/mol. The molecule has 0 amide bonds. The van der Waals surface area contributed by atoms with E-state index in [-0.39, 0.29) is 17.3 Å². The average molecular weight is 343 g/mol. The fraction of sp³-hybridized carbons (Fsp3) is 0.385. The van der Waals surface area contributed by atoms with Gasteiger partial charge in [-0.05, 0) is 12.5 Å². The zero-order valence-corrected chi connectivity index (χ0v) is 12.5. The Bertz CT molecular complexity index is 819. The van der Waals surface area contributed by atoms with Gasteiger partial charge in [0, 0.05) is 19.0 Å². The van der Waals surface area contributed by atoms with E-state index in [0.29, 0.717) is 25.1 Å². The van der Waals surface area contributed by atoms with Crippen molar-refractivity contribution >= 4 is 17.8 Å². The highest BCUT2D eigenvalue weighted by Crippen LogP contribution is 2.23. The Labute approximate surface area is 134 Å². The van der Waals surface area contributed by atoms with E-state index < -0.39 is 23.9 Å². The van der Waals surface area contributed by atoms with Crippen LogP contribution in [-0.2, 0) is 17.7 Å². The smallest absolute Gasteiger partial charge is 0.450 e. The third kappa shape index (κ3) is 3.04. The molecule has 1 N–H and O–H groups in total. The molecule has 0 fully saturated rings. The Hall–Kier alpha value is -2.42. The molecule has 2 aromatic heterocycles. The fourth-order valence-electron chi connectivity index (χ4n) is 2.52. The topological polar surface area (TPSA) is 99.2 Å². The maximum Gasteiger partial charge on any atom is 0.507 e. The van der Waals surface area contributed by atoms with Gasteiger partial charge in [-0.3, -0.25) is 4.98 Å². The molecule has 1 atom stereocenters. The normalized spacial score (nSPS) is 16.9. The number of carbonyl (C=O) groups is 1. The first-order chi connectivity index (χ1) is 11.0. The van der Waals surface area contributed by atoms with Crippen LogP contribution < -0.4 is 5.69 Å². The molecule has 1 aliphatic heterocycles. The van der Waals surface area contributed by atoms with E-state index in [1.807, 2.05) is 0 Å². The second-order valence-electron chi connectivity index (χ2n) is 5.04. The number of nitrogens with zero attached hydrogens (tertiary/aromatic N) is 4. The van der Waals surface area contributed by atoms with Gasteiger partial charge in [0.05, 0.1) is 17.3 Å². The summed E-state index contributed by atoms with van der Waals surface area (Å²) in [5.74, 6) is -0.240. The van der Waals surface area contributed by atoms with Gasteiger partial charge in [-0.15, -0.1) is 0 Å². The van der Waals surface area contributed by atoms with Crippen molar-refractivity contribution in [2.75, 3.05) is 0 Å². The van der Waals surface area contributed by atoms with Crippen LogP contribution in [0.4, 0.5) is 9.18 Å². The van der Waals surface area contributed by atoms with E-state index >= 15 is 0 Å². The second kappa shape index (κ2) is 5.99. The first kappa shape index (κ1) is 15.5. The SMILES string of the molecule is O=C(O)O[C@H]1CCCc2nn(Cc3ncc(Cl)cc3F)c(=O)n21. The molecule has 8 nitrogen and oxygen atoms in total. The van der Waals surface area contributed by atoms with Gasteiger partial charge in [0.25, 0.3) is 0 Å². The Kier molecular flexibility index (Phi) is 4.03. The van der Waals surface area contributed by atoms with E-state index in [9.17, 15) is 14.0 Å². The lowest BCUT2D eigenvalue weighted by Gasteiger charge is -2.21. The number of ether oxygens (including phenoxy) is 1. The van der Waals surface area contributed by atoms with Gasteiger partial charge in [0.1, 0.15) is 11.6 Å². The number of fused-ring (bicyclic) bond motifs is 1. The first-order valence-corrected chi connectivity index (χ1v) is 7.21. The highest BCUT2D eigenvalue weighted by atomic mass is 35.5. The summed E-state index contributed by atoms with van der Waals surface area (Å²) in [5, 5.41) is 13.0. The minimum absolute atomic E-state index is 0.0163. The Morgan fingerprint density at radius 2 is 2.35 bits per heavy atom. The maximum atomic E-state index is 13.8. The summed E-state index contributed by atoms with van der Waals surface area (Å²) in [6, 6.07) is 1.10. The summed E-state index contributed by atoms with van der Waals surface area (Å²) in [4.78, 5) is 27.0. The van der Waals surface area contributed by atoms with E-state index in [4.69, 9.17) is 21.4 Å². The molecule has 0 spiro atoms. The van der Waals surface area contributed by atoms with Crippen molar-refractivity contribution in [2.45, 2.75) is 32.0 Å². The van der Waals surface area contributed by atoms with Gasteiger partial charge in [-0.1, -0.05) is 11.6 Å². The quantitative estimate of drug-likeness (QED) is 0.854. The number of hydrogen-bond donors (Lipinski definition) is 1. The third-order valence-corrected chi connectivity index (χ3v) is 3.71. The largest absolute Gasteiger partial charge is 0.507 e. The van der Waals surface area contributed by atoms with Crippen LogP contribution >= 0.6 is 11.6 Å². The van der Waals surface area contributed by atoms with Crippen molar-refractivity contribution in [1.29, 1.82) is 0 Å². The predicted molar refractivity (Wildman–Crippen MR) is 75.9 cm³/mol.